The largest absolute Gasteiger partial charge is 0.371 e. The third-order valence-electron chi connectivity index (χ3n) is 4.80. The summed E-state index contributed by atoms with van der Waals surface area (Å²) in [6.07, 6.45) is 1.04. The minimum atomic E-state index is -0.569. The summed E-state index contributed by atoms with van der Waals surface area (Å²) in [4.78, 5) is 26.8. The van der Waals surface area contributed by atoms with Gasteiger partial charge in [-0.3, -0.25) is 9.59 Å². The van der Waals surface area contributed by atoms with Gasteiger partial charge in [0.05, 0.1) is 0 Å². The standard InChI is InChI=1S/C21H24BrN3O2/c1-15(24-21(27)17-6-3-2-4-7-17)20(26)23-13-16-10-11-25(14-16)19-9-5-8-18(22)12-19/h2-9,12,15-16H,10-11,13-14H2,1H3,(H,23,26)(H,24,27). The van der Waals surface area contributed by atoms with Gasteiger partial charge in [0.2, 0.25) is 5.91 Å². The first kappa shape index (κ1) is 19.4. The van der Waals surface area contributed by atoms with Crippen LogP contribution in [0.4, 0.5) is 5.69 Å². The Morgan fingerprint density at radius 3 is 2.70 bits per heavy atom. The maximum Gasteiger partial charge on any atom is 0.251 e. The Kier molecular flexibility index (Phi) is 6.50. The molecule has 142 valence electrons. The van der Waals surface area contributed by atoms with Crippen LogP contribution in [0.2, 0.25) is 0 Å². The highest BCUT2D eigenvalue weighted by atomic mass is 79.9. The van der Waals surface area contributed by atoms with Crippen LogP contribution in [0.3, 0.4) is 0 Å². The first-order valence-electron chi connectivity index (χ1n) is 9.17. The first-order chi connectivity index (χ1) is 13.0. The van der Waals surface area contributed by atoms with E-state index in [1.54, 1.807) is 31.2 Å². The van der Waals surface area contributed by atoms with Crippen molar-refractivity contribution in [2.45, 2.75) is 19.4 Å². The molecule has 2 unspecified atom stereocenters. The van der Waals surface area contributed by atoms with E-state index in [1.165, 1.54) is 5.69 Å². The van der Waals surface area contributed by atoms with Crippen molar-refractivity contribution < 1.29 is 9.59 Å². The molecule has 0 bridgehead atoms. The molecule has 27 heavy (non-hydrogen) atoms. The molecule has 2 aromatic carbocycles. The Hall–Kier alpha value is -2.34. The fraction of sp³-hybridized carbons (Fsp3) is 0.333. The van der Waals surface area contributed by atoms with Crippen molar-refractivity contribution in [1.82, 2.24) is 10.6 Å². The van der Waals surface area contributed by atoms with Crippen molar-refractivity contribution in [1.29, 1.82) is 0 Å². The van der Waals surface area contributed by atoms with Crippen LogP contribution in [0.1, 0.15) is 23.7 Å². The number of hydrogen-bond donors (Lipinski definition) is 2. The van der Waals surface area contributed by atoms with Crippen LogP contribution in [0, 0.1) is 5.92 Å². The third kappa shape index (κ3) is 5.32. The second-order valence-electron chi connectivity index (χ2n) is 6.89. The zero-order valence-electron chi connectivity index (χ0n) is 15.3. The topological polar surface area (TPSA) is 61.4 Å². The zero-order chi connectivity index (χ0) is 19.2. The van der Waals surface area contributed by atoms with Crippen LogP contribution >= 0.6 is 15.9 Å². The summed E-state index contributed by atoms with van der Waals surface area (Å²) in [6.45, 7) is 4.23. The van der Waals surface area contributed by atoms with E-state index in [2.05, 4.69) is 43.6 Å². The predicted octanol–water partition coefficient (Wildman–Crippen LogP) is 3.21. The Balaban J connectivity index is 1.44. The Morgan fingerprint density at radius 2 is 1.96 bits per heavy atom. The van der Waals surface area contributed by atoms with Gasteiger partial charge in [-0.1, -0.05) is 40.2 Å². The zero-order valence-corrected chi connectivity index (χ0v) is 16.9. The van der Waals surface area contributed by atoms with Gasteiger partial charge < -0.3 is 15.5 Å². The molecular weight excluding hydrogens is 406 g/mol. The molecule has 2 amide bonds. The quantitative estimate of drug-likeness (QED) is 0.740. The van der Waals surface area contributed by atoms with Crippen molar-refractivity contribution in [2.24, 2.45) is 5.92 Å². The van der Waals surface area contributed by atoms with E-state index in [0.29, 0.717) is 18.0 Å². The number of halogens is 1. The van der Waals surface area contributed by atoms with E-state index in [4.69, 9.17) is 0 Å². The smallest absolute Gasteiger partial charge is 0.251 e. The van der Waals surface area contributed by atoms with Gasteiger partial charge in [-0.05, 0) is 49.6 Å². The highest BCUT2D eigenvalue weighted by Gasteiger charge is 2.24. The number of carbonyl (C=O) groups excluding carboxylic acids is 2. The molecule has 1 aliphatic rings. The first-order valence-corrected chi connectivity index (χ1v) is 9.96. The number of nitrogens with zero attached hydrogens (tertiary/aromatic N) is 1. The number of hydrogen-bond acceptors (Lipinski definition) is 3. The number of nitrogens with one attached hydrogen (secondary N) is 2. The van der Waals surface area contributed by atoms with E-state index >= 15 is 0 Å². The summed E-state index contributed by atoms with van der Waals surface area (Å²) >= 11 is 3.51. The van der Waals surface area contributed by atoms with E-state index < -0.39 is 6.04 Å². The van der Waals surface area contributed by atoms with E-state index in [1.807, 2.05) is 18.2 Å². The number of amides is 2. The summed E-state index contributed by atoms with van der Waals surface area (Å²) in [5.41, 5.74) is 1.75. The molecular formula is C21H24BrN3O2. The highest BCUT2D eigenvalue weighted by molar-refractivity contribution is 9.10. The lowest BCUT2D eigenvalue weighted by atomic mass is 10.1. The maximum absolute atomic E-state index is 12.3. The van der Waals surface area contributed by atoms with E-state index in [9.17, 15) is 9.59 Å². The SMILES string of the molecule is CC(NC(=O)c1ccccc1)C(=O)NCC1CCN(c2cccc(Br)c2)C1. The molecule has 1 aliphatic heterocycles. The van der Waals surface area contributed by atoms with Crippen LogP contribution in [0.25, 0.3) is 0 Å². The van der Waals surface area contributed by atoms with Crippen molar-refractivity contribution in [3.8, 4) is 0 Å². The molecule has 1 saturated heterocycles. The van der Waals surface area contributed by atoms with Crippen molar-refractivity contribution >= 4 is 33.4 Å². The van der Waals surface area contributed by atoms with E-state index in [0.717, 1.165) is 24.0 Å². The molecule has 0 radical (unpaired) electrons. The molecule has 1 fully saturated rings. The van der Waals surface area contributed by atoms with E-state index in [-0.39, 0.29) is 11.8 Å². The Labute approximate surface area is 168 Å². The Bertz CT molecular complexity index is 797. The van der Waals surface area contributed by atoms with Crippen LogP contribution in [-0.4, -0.2) is 37.5 Å². The maximum atomic E-state index is 12.3. The lowest BCUT2D eigenvalue weighted by Gasteiger charge is -2.20. The van der Waals surface area contributed by atoms with Crippen LogP contribution in [0.5, 0.6) is 0 Å². The van der Waals surface area contributed by atoms with Gasteiger partial charge in [0.25, 0.3) is 5.91 Å². The van der Waals surface area contributed by atoms with Crippen molar-refractivity contribution in [2.75, 3.05) is 24.5 Å². The fourth-order valence-corrected chi connectivity index (χ4v) is 3.63. The molecule has 5 nitrogen and oxygen atoms in total. The van der Waals surface area contributed by atoms with Gasteiger partial charge >= 0.3 is 0 Å². The molecule has 0 saturated carbocycles. The van der Waals surface area contributed by atoms with Gasteiger partial charge in [-0.2, -0.15) is 0 Å². The van der Waals surface area contributed by atoms with Gasteiger partial charge in [-0.25, -0.2) is 0 Å². The number of anilines is 1. The minimum Gasteiger partial charge on any atom is -0.371 e. The van der Waals surface area contributed by atoms with Crippen LogP contribution < -0.4 is 15.5 Å². The molecule has 2 N–H and O–H groups in total. The summed E-state index contributed by atoms with van der Waals surface area (Å²) in [6, 6.07) is 16.6. The summed E-state index contributed by atoms with van der Waals surface area (Å²) < 4.78 is 1.07. The van der Waals surface area contributed by atoms with Crippen molar-refractivity contribution in [3.63, 3.8) is 0 Å². The van der Waals surface area contributed by atoms with Crippen LogP contribution in [0.15, 0.2) is 59.1 Å². The summed E-state index contributed by atoms with van der Waals surface area (Å²) in [5, 5.41) is 5.72. The summed E-state index contributed by atoms with van der Waals surface area (Å²) in [5.74, 6) is 0.0186. The molecule has 0 aromatic heterocycles. The lowest BCUT2D eigenvalue weighted by Crippen LogP contribution is -2.46. The average Bonchev–Trinajstić information content (AvgIpc) is 3.16. The van der Waals surface area contributed by atoms with Gasteiger partial charge in [0.1, 0.15) is 6.04 Å². The molecule has 2 aromatic rings. The number of rotatable bonds is 6. The second-order valence-corrected chi connectivity index (χ2v) is 7.80. The summed E-state index contributed by atoms with van der Waals surface area (Å²) in [7, 11) is 0. The molecule has 0 aliphatic carbocycles. The molecule has 6 heteroatoms. The fourth-order valence-electron chi connectivity index (χ4n) is 3.24. The normalized spacial score (nSPS) is 17.4. The molecule has 3 rings (SSSR count). The molecule has 0 spiro atoms. The predicted molar refractivity (Wildman–Crippen MR) is 111 cm³/mol. The second kappa shape index (κ2) is 9.04. The lowest BCUT2D eigenvalue weighted by molar-refractivity contribution is -0.122. The third-order valence-corrected chi connectivity index (χ3v) is 5.29. The number of carbonyl (C=O) groups is 2. The Morgan fingerprint density at radius 1 is 1.19 bits per heavy atom. The van der Waals surface area contributed by atoms with Crippen molar-refractivity contribution in [3.05, 3.63) is 64.6 Å². The monoisotopic (exact) mass is 429 g/mol. The average molecular weight is 430 g/mol. The number of benzene rings is 2. The van der Waals surface area contributed by atoms with Gasteiger partial charge in [0, 0.05) is 35.4 Å². The minimum absolute atomic E-state index is 0.153. The molecule has 1 heterocycles. The van der Waals surface area contributed by atoms with Gasteiger partial charge in [0.15, 0.2) is 0 Å². The highest BCUT2D eigenvalue weighted by Crippen LogP contribution is 2.25. The van der Waals surface area contributed by atoms with Crippen LogP contribution in [-0.2, 0) is 4.79 Å². The van der Waals surface area contributed by atoms with Gasteiger partial charge in [-0.15, -0.1) is 0 Å². The molecule has 2 atom stereocenters.